The zero-order valence-corrected chi connectivity index (χ0v) is 14.0. The summed E-state index contributed by atoms with van der Waals surface area (Å²) in [5.41, 5.74) is 1.33. The molecule has 3 aromatic rings. The summed E-state index contributed by atoms with van der Waals surface area (Å²) in [7, 11) is 0. The monoisotopic (exact) mass is 323 g/mol. The Morgan fingerprint density at radius 2 is 1.92 bits per heavy atom. The molecule has 2 aromatic heterocycles. The lowest BCUT2D eigenvalue weighted by molar-refractivity contribution is 0.178. The maximum atomic E-state index is 5.44. The van der Waals surface area contributed by atoms with Gasteiger partial charge in [0.2, 0.25) is 0 Å². The average molecular weight is 323 g/mol. The minimum Gasteiger partial charge on any atom is -0.468 e. The third-order valence-corrected chi connectivity index (χ3v) is 5.01. The highest BCUT2D eigenvalue weighted by molar-refractivity contribution is 5.79. The Morgan fingerprint density at radius 1 is 1.04 bits per heavy atom. The Hall–Kier alpha value is -2.04. The lowest BCUT2D eigenvalue weighted by Crippen LogP contribution is -2.42. The Morgan fingerprint density at radius 3 is 2.75 bits per heavy atom. The highest BCUT2D eigenvalue weighted by atomic mass is 16.3. The van der Waals surface area contributed by atoms with Crippen LogP contribution in [0.25, 0.3) is 10.9 Å². The minimum atomic E-state index is 0.639. The number of likely N-dealkylation sites (tertiary alicyclic amines) is 1. The number of piperidine rings is 1. The van der Waals surface area contributed by atoms with Crippen LogP contribution in [0.15, 0.2) is 59.3 Å². The fourth-order valence-electron chi connectivity index (χ4n) is 3.64. The van der Waals surface area contributed by atoms with E-state index in [-0.39, 0.29) is 0 Å². The number of hydrogen-bond acceptors (Lipinski definition) is 3. The van der Waals surface area contributed by atoms with Crippen molar-refractivity contribution in [2.24, 2.45) is 0 Å². The largest absolute Gasteiger partial charge is 0.468 e. The van der Waals surface area contributed by atoms with Crippen LogP contribution in [0.2, 0.25) is 0 Å². The van der Waals surface area contributed by atoms with Crippen LogP contribution in [0.5, 0.6) is 0 Å². The van der Waals surface area contributed by atoms with Crippen LogP contribution in [-0.4, -0.2) is 35.1 Å². The molecule has 0 spiro atoms. The van der Waals surface area contributed by atoms with Crippen LogP contribution in [0.4, 0.5) is 0 Å². The van der Waals surface area contributed by atoms with Gasteiger partial charge < -0.3 is 14.3 Å². The maximum Gasteiger partial charge on any atom is 0.117 e. The van der Waals surface area contributed by atoms with Gasteiger partial charge in [-0.1, -0.05) is 18.2 Å². The number of fused-ring (bicyclic) bond motifs is 1. The van der Waals surface area contributed by atoms with Gasteiger partial charge in [-0.05, 0) is 42.5 Å². The Balaban J connectivity index is 1.22. The van der Waals surface area contributed by atoms with Gasteiger partial charge in [0, 0.05) is 43.9 Å². The van der Waals surface area contributed by atoms with Gasteiger partial charge in [0.05, 0.1) is 12.8 Å². The number of aromatic nitrogens is 1. The smallest absolute Gasteiger partial charge is 0.117 e. The number of furan rings is 1. The standard InChI is InChI=1S/C20H25N3O/c1-2-6-20-17(4-1)7-13-23(20)14-10-21-18-8-11-22(12-9-18)16-19-5-3-15-24-19/h1-7,13,15,18,21H,8-12,14,16H2. The Kier molecular flexibility index (Phi) is 4.67. The number of para-hydroxylation sites is 1. The number of hydrogen-bond donors (Lipinski definition) is 1. The van der Waals surface area contributed by atoms with Crippen molar-refractivity contribution in [1.82, 2.24) is 14.8 Å². The first-order valence-electron chi connectivity index (χ1n) is 8.90. The fourth-order valence-corrected chi connectivity index (χ4v) is 3.64. The van der Waals surface area contributed by atoms with Gasteiger partial charge in [0.25, 0.3) is 0 Å². The van der Waals surface area contributed by atoms with E-state index in [2.05, 4.69) is 57.4 Å². The number of nitrogens with zero attached hydrogens (tertiary/aromatic N) is 2. The van der Waals surface area contributed by atoms with Crippen molar-refractivity contribution in [2.75, 3.05) is 19.6 Å². The van der Waals surface area contributed by atoms with Crippen molar-refractivity contribution in [1.29, 1.82) is 0 Å². The van der Waals surface area contributed by atoms with E-state index in [4.69, 9.17) is 4.42 Å². The second-order valence-corrected chi connectivity index (χ2v) is 6.65. The van der Waals surface area contributed by atoms with E-state index < -0.39 is 0 Å². The van der Waals surface area contributed by atoms with Crippen molar-refractivity contribution in [3.8, 4) is 0 Å². The molecule has 0 bridgehead atoms. The van der Waals surface area contributed by atoms with Crippen molar-refractivity contribution in [2.45, 2.75) is 32.0 Å². The topological polar surface area (TPSA) is 33.3 Å². The molecule has 0 atom stereocenters. The lowest BCUT2D eigenvalue weighted by atomic mass is 10.0. The molecule has 1 aliphatic rings. The van der Waals surface area contributed by atoms with E-state index in [1.54, 1.807) is 6.26 Å². The van der Waals surface area contributed by atoms with Crippen LogP contribution >= 0.6 is 0 Å². The van der Waals surface area contributed by atoms with Crippen molar-refractivity contribution >= 4 is 10.9 Å². The van der Waals surface area contributed by atoms with Gasteiger partial charge >= 0.3 is 0 Å². The van der Waals surface area contributed by atoms with Crippen molar-refractivity contribution in [3.63, 3.8) is 0 Å². The van der Waals surface area contributed by atoms with Crippen molar-refractivity contribution < 1.29 is 4.42 Å². The molecule has 24 heavy (non-hydrogen) atoms. The van der Waals surface area contributed by atoms with Crippen LogP contribution in [0, 0.1) is 0 Å². The second-order valence-electron chi connectivity index (χ2n) is 6.65. The van der Waals surface area contributed by atoms with Gasteiger partial charge in [0.15, 0.2) is 0 Å². The molecule has 126 valence electrons. The first-order chi connectivity index (χ1) is 11.9. The summed E-state index contributed by atoms with van der Waals surface area (Å²) in [4.78, 5) is 2.48. The van der Waals surface area contributed by atoms with Gasteiger partial charge in [-0.2, -0.15) is 0 Å². The van der Waals surface area contributed by atoms with E-state index in [0.29, 0.717) is 6.04 Å². The van der Waals surface area contributed by atoms with Crippen LogP contribution in [-0.2, 0) is 13.1 Å². The summed E-state index contributed by atoms with van der Waals surface area (Å²) in [6, 6.07) is 15.4. The second kappa shape index (κ2) is 7.24. The van der Waals surface area contributed by atoms with Gasteiger partial charge in [-0.25, -0.2) is 0 Å². The first-order valence-corrected chi connectivity index (χ1v) is 8.90. The van der Waals surface area contributed by atoms with Gasteiger partial charge in [0.1, 0.15) is 5.76 Å². The van der Waals surface area contributed by atoms with Gasteiger partial charge in [-0.3, -0.25) is 4.90 Å². The molecule has 1 aliphatic heterocycles. The summed E-state index contributed by atoms with van der Waals surface area (Å²) >= 11 is 0. The van der Waals surface area contributed by atoms with E-state index in [1.807, 2.05) is 6.07 Å². The zero-order valence-electron chi connectivity index (χ0n) is 14.0. The molecule has 1 aromatic carbocycles. The molecule has 0 saturated carbocycles. The predicted molar refractivity (Wildman–Crippen MR) is 96.9 cm³/mol. The summed E-state index contributed by atoms with van der Waals surface area (Å²) in [6.07, 6.45) is 6.38. The molecule has 1 fully saturated rings. The molecular formula is C20H25N3O. The Labute approximate surface area is 143 Å². The first kappa shape index (κ1) is 15.5. The third-order valence-electron chi connectivity index (χ3n) is 5.01. The molecule has 3 heterocycles. The zero-order chi connectivity index (χ0) is 16.2. The summed E-state index contributed by atoms with van der Waals surface area (Å²) < 4.78 is 7.79. The number of benzene rings is 1. The SMILES string of the molecule is c1coc(CN2CCC(NCCn3ccc4ccccc43)CC2)c1. The van der Waals surface area contributed by atoms with E-state index in [0.717, 1.165) is 38.5 Å². The normalized spacial score (nSPS) is 16.8. The van der Waals surface area contributed by atoms with Crippen LogP contribution in [0.1, 0.15) is 18.6 Å². The van der Waals surface area contributed by atoms with E-state index >= 15 is 0 Å². The van der Waals surface area contributed by atoms with E-state index in [1.165, 1.54) is 23.7 Å². The van der Waals surface area contributed by atoms with E-state index in [9.17, 15) is 0 Å². The summed E-state index contributed by atoms with van der Waals surface area (Å²) in [5, 5.41) is 5.06. The molecule has 4 heteroatoms. The van der Waals surface area contributed by atoms with Gasteiger partial charge in [-0.15, -0.1) is 0 Å². The van der Waals surface area contributed by atoms with Crippen molar-refractivity contribution in [3.05, 3.63) is 60.7 Å². The summed E-state index contributed by atoms with van der Waals surface area (Å²) in [6.45, 7) is 5.28. The van der Waals surface area contributed by atoms with Crippen LogP contribution < -0.4 is 5.32 Å². The molecule has 0 aliphatic carbocycles. The molecule has 1 saturated heterocycles. The molecule has 0 unspecified atom stereocenters. The number of nitrogens with one attached hydrogen (secondary N) is 1. The molecule has 4 rings (SSSR count). The Bertz CT molecular complexity index is 754. The molecule has 0 amide bonds. The predicted octanol–water partition coefficient (Wildman–Crippen LogP) is 3.49. The number of rotatable bonds is 6. The molecular weight excluding hydrogens is 298 g/mol. The summed E-state index contributed by atoms with van der Waals surface area (Å²) in [5.74, 6) is 1.07. The highest BCUT2D eigenvalue weighted by Gasteiger charge is 2.19. The lowest BCUT2D eigenvalue weighted by Gasteiger charge is -2.32. The fraction of sp³-hybridized carbons (Fsp3) is 0.400. The maximum absolute atomic E-state index is 5.44. The molecule has 1 N–H and O–H groups in total. The molecule has 4 nitrogen and oxygen atoms in total. The average Bonchev–Trinajstić information content (AvgIpc) is 3.27. The minimum absolute atomic E-state index is 0.639. The third kappa shape index (κ3) is 3.55. The molecule has 0 radical (unpaired) electrons. The quantitative estimate of drug-likeness (QED) is 0.754. The van der Waals surface area contributed by atoms with Crippen LogP contribution in [0.3, 0.4) is 0 Å². The highest BCUT2D eigenvalue weighted by Crippen LogP contribution is 2.16.